The molecule has 2 aromatic carbocycles. The third kappa shape index (κ3) is 3.02. The first-order valence-corrected chi connectivity index (χ1v) is 7.72. The van der Waals surface area contributed by atoms with Crippen LogP contribution in [-0.2, 0) is 0 Å². The molecule has 0 aliphatic rings. The number of hydrogen-bond donors (Lipinski definition) is 0. The largest absolute Gasteiger partial charge is 0.496 e. The zero-order chi connectivity index (χ0) is 14.9. The molecule has 3 heteroatoms. The highest BCUT2D eigenvalue weighted by molar-refractivity contribution is 9.10. The van der Waals surface area contributed by atoms with Gasteiger partial charge in [0.2, 0.25) is 0 Å². The van der Waals surface area contributed by atoms with Crippen LogP contribution in [0.15, 0.2) is 34.8 Å². The van der Waals surface area contributed by atoms with Crippen molar-refractivity contribution >= 4 is 27.5 Å². The predicted molar refractivity (Wildman–Crippen MR) is 89.0 cm³/mol. The lowest BCUT2D eigenvalue weighted by atomic mass is 9.97. The van der Waals surface area contributed by atoms with E-state index in [0.717, 1.165) is 26.9 Å². The standard InChI is InChI=1S/C17H18BrClO/c1-10-5-6-11(2)13(7-10)17(19)14-9-15(18)12(3)8-16(14)20-4/h5-9,17H,1-4H3. The van der Waals surface area contributed by atoms with Gasteiger partial charge in [-0.1, -0.05) is 39.7 Å². The maximum Gasteiger partial charge on any atom is 0.124 e. The molecule has 0 spiro atoms. The zero-order valence-electron chi connectivity index (χ0n) is 12.1. The molecule has 0 saturated heterocycles. The second kappa shape index (κ2) is 6.19. The van der Waals surface area contributed by atoms with E-state index in [-0.39, 0.29) is 5.38 Å². The van der Waals surface area contributed by atoms with E-state index in [2.05, 4.69) is 48.0 Å². The van der Waals surface area contributed by atoms with Gasteiger partial charge >= 0.3 is 0 Å². The molecule has 2 aromatic rings. The molecule has 106 valence electrons. The first-order valence-electron chi connectivity index (χ1n) is 6.49. The van der Waals surface area contributed by atoms with Crippen molar-refractivity contribution in [2.75, 3.05) is 7.11 Å². The molecule has 0 radical (unpaired) electrons. The van der Waals surface area contributed by atoms with Gasteiger partial charge in [-0.2, -0.15) is 0 Å². The molecule has 0 heterocycles. The van der Waals surface area contributed by atoms with Crippen LogP contribution in [0.1, 0.15) is 33.2 Å². The summed E-state index contributed by atoms with van der Waals surface area (Å²) in [6, 6.07) is 10.4. The summed E-state index contributed by atoms with van der Waals surface area (Å²) in [5.41, 5.74) is 5.65. The van der Waals surface area contributed by atoms with Gasteiger partial charge in [0.05, 0.1) is 12.5 Å². The SMILES string of the molecule is COc1cc(C)c(Br)cc1C(Cl)c1cc(C)ccc1C. The number of halogens is 2. The first kappa shape index (κ1) is 15.4. The molecule has 0 saturated carbocycles. The van der Waals surface area contributed by atoms with E-state index in [0.29, 0.717) is 0 Å². The molecule has 0 amide bonds. The Morgan fingerprint density at radius 1 is 1.00 bits per heavy atom. The molecule has 2 rings (SSSR count). The fourth-order valence-corrected chi connectivity index (χ4v) is 3.01. The van der Waals surface area contributed by atoms with Gasteiger partial charge in [-0.05, 0) is 49.6 Å². The van der Waals surface area contributed by atoms with Crippen LogP contribution in [-0.4, -0.2) is 7.11 Å². The van der Waals surface area contributed by atoms with Crippen molar-refractivity contribution in [1.29, 1.82) is 0 Å². The number of ether oxygens (including phenoxy) is 1. The van der Waals surface area contributed by atoms with Crippen LogP contribution in [0.2, 0.25) is 0 Å². The number of aryl methyl sites for hydroxylation is 3. The van der Waals surface area contributed by atoms with E-state index < -0.39 is 0 Å². The summed E-state index contributed by atoms with van der Waals surface area (Å²) in [4.78, 5) is 0. The van der Waals surface area contributed by atoms with Gasteiger partial charge in [-0.3, -0.25) is 0 Å². The Balaban J connectivity index is 2.55. The number of rotatable bonds is 3. The minimum Gasteiger partial charge on any atom is -0.496 e. The molecular weight excluding hydrogens is 336 g/mol. The smallest absolute Gasteiger partial charge is 0.124 e. The number of methoxy groups -OCH3 is 1. The Morgan fingerprint density at radius 2 is 1.70 bits per heavy atom. The van der Waals surface area contributed by atoms with Crippen molar-refractivity contribution < 1.29 is 4.74 Å². The highest BCUT2D eigenvalue weighted by Crippen LogP contribution is 2.39. The Morgan fingerprint density at radius 3 is 2.35 bits per heavy atom. The van der Waals surface area contributed by atoms with Gasteiger partial charge in [0.1, 0.15) is 5.75 Å². The summed E-state index contributed by atoms with van der Waals surface area (Å²) in [6.07, 6.45) is 0. The van der Waals surface area contributed by atoms with Crippen LogP contribution in [0.5, 0.6) is 5.75 Å². The summed E-state index contributed by atoms with van der Waals surface area (Å²) in [7, 11) is 1.68. The van der Waals surface area contributed by atoms with Crippen molar-refractivity contribution in [3.05, 3.63) is 62.6 Å². The van der Waals surface area contributed by atoms with Gasteiger partial charge in [0.15, 0.2) is 0 Å². The van der Waals surface area contributed by atoms with E-state index in [4.69, 9.17) is 16.3 Å². The first-order chi connectivity index (χ1) is 9.43. The molecule has 0 bridgehead atoms. The third-order valence-corrected chi connectivity index (χ3v) is 4.82. The minimum atomic E-state index is -0.221. The van der Waals surface area contributed by atoms with Crippen molar-refractivity contribution in [2.45, 2.75) is 26.1 Å². The number of alkyl halides is 1. The molecule has 0 fully saturated rings. The Hall–Kier alpha value is -0.990. The second-order valence-electron chi connectivity index (χ2n) is 5.07. The topological polar surface area (TPSA) is 9.23 Å². The summed E-state index contributed by atoms with van der Waals surface area (Å²) in [5, 5.41) is -0.221. The average molecular weight is 354 g/mol. The highest BCUT2D eigenvalue weighted by Gasteiger charge is 2.19. The van der Waals surface area contributed by atoms with Gasteiger partial charge in [0.25, 0.3) is 0 Å². The van der Waals surface area contributed by atoms with Crippen LogP contribution >= 0.6 is 27.5 Å². The van der Waals surface area contributed by atoms with Crippen molar-refractivity contribution in [3.8, 4) is 5.75 Å². The van der Waals surface area contributed by atoms with E-state index >= 15 is 0 Å². The van der Waals surface area contributed by atoms with E-state index in [1.54, 1.807) is 7.11 Å². The molecule has 0 aliphatic heterocycles. The maximum absolute atomic E-state index is 6.72. The predicted octanol–water partition coefficient (Wildman–Crippen LogP) is 5.71. The van der Waals surface area contributed by atoms with Gasteiger partial charge in [0, 0.05) is 10.0 Å². The monoisotopic (exact) mass is 352 g/mol. The van der Waals surface area contributed by atoms with Crippen LogP contribution in [0, 0.1) is 20.8 Å². The molecule has 0 aromatic heterocycles. The number of benzene rings is 2. The van der Waals surface area contributed by atoms with E-state index in [1.807, 2.05) is 19.1 Å². The Bertz CT molecular complexity index is 637. The Labute approximate surface area is 134 Å². The molecular formula is C17H18BrClO. The van der Waals surface area contributed by atoms with Gasteiger partial charge in [-0.15, -0.1) is 11.6 Å². The number of hydrogen-bond acceptors (Lipinski definition) is 1. The maximum atomic E-state index is 6.72. The average Bonchev–Trinajstić information content (AvgIpc) is 2.43. The molecule has 0 aliphatic carbocycles. The fraction of sp³-hybridized carbons (Fsp3) is 0.294. The quantitative estimate of drug-likeness (QED) is 0.642. The lowest BCUT2D eigenvalue weighted by Gasteiger charge is -2.18. The second-order valence-corrected chi connectivity index (χ2v) is 6.36. The van der Waals surface area contributed by atoms with E-state index in [9.17, 15) is 0 Å². The summed E-state index contributed by atoms with van der Waals surface area (Å²) >= 11 is 10.3. The van der Waals surface area contributed by atoms with Crippen LogP contribution in [0.25, 0.3) is 0 Å². The van der Waals surface area contributed by atoms with E-state index in [1.165, 1.54) is 11.1 Å². The van der Waals surface area contributed by atoms with Crippen LogP contribution in [0.3, 0.4) is 0 Å². The van der Waals surface area contributed by atoms with Crippen molar-refractivity contribution in [1.82, 2.24) is 0 Å². The van der Waals surface area contributed by atoms with Gasteiger partial charge < -0.3 is 4.74 Å². The minimum absolute atomic E-state index is 0.221. The molecule has 20 heavy (non-hydrogen) atoms. The van der Waals surface area contributed by atoms with Crippen LogP contribution in [0.4, 0.5) is 0 Å². The lowest BCUT2D eigenvalue weighted by molar-refractivity contribution is 0.409. The fourth-order valence-electron chi connectivity index (χ4n) is 2.25. The van der Waals surface area contributed by atoms with Crippen LogP contribution < -0.4 is 4.74 Å². The molecule has 1 nitrogen and oxygen atoms in total. The Kier molecular flexibility index (Phi) is 4.77. The summed E-state index contributed by atoms with van der Waals surface area (Å²) in [5.74, 6) is 0.826. The van der Waals surface area contributed by atoms with Gasteiger partial charge in [-0.25, -0.2) is 0 Å². The van der Waals surface area contributed by atoms with Crippen molar-refractivity contribution in [3.63, 3.8) is 0 Å². The molecule has 0 N–H and O–H groups in total. The highest BCUT2D eigenvalue weighted by atomic mass is 79.9. The zero-order valence-corrected chi connectivity index (χ0v) is 14.5. The van der Waals surface area contributed by atoms with Crippen molar-refractivity contribution in [2.24, 2.45) is 0 Å². The third-order valence-electron chi connectivity index (χ3n) is 3.49. The lowest BCUT2D eigenvalue weighted by Crippen LogP contribution is -2.01. The molecule has 1 unspecified atom stereocenters. The normalized spacial score (nSPS) is 12.3. The summed E-state index contributed by atoms with van der Waals surface area (Å²) < 4.78 is 6.53. The summed E-state index contributed by atoms with van der Waals surface area (Å²) in [6.45, 7) is 6.20. The molecule has 1 atom stereocenters.